The average molecular weight is 408 g/mol. The van der Waals surface area contributed by atoms with Crippen LogP contribution in [0.5, 0.6) is 5.88 Å². The van der Waals surface area contributed by atoms with Crippen molar-refractivity contribution < 1.29 is 4.74 Å². The van der Waals surface area contributed by atoms with E-state index in [0.29, 0.717) is 19.7 Å². The van der Waals surface area contributed by atoms with Crippen LogP contribution in [-0.2, 0) is 7.05 Å². The molecule has 1 unspecified atom stereocenters. The van der Waals surface area contributed by atoms with E-state index in [0.717, 1.165) is 57.0 Å². The maximum atomic E-state index is 6.26. The van der Waals surface area contributed by atoms with Crippen molar-refractivity contribution >= 4 is 16.6 Å². The largest absolute Gasteiger partial charge is 0.476 e. The third kappa shape index (κ3) is 3.70. The van der Waals surface area contributed by atoms with Crippen molar-refractivity contribution in [1.82, 2.24) is 25.3 Å². The van der Waals surface area contributed by atoms with Crippen LogP contribution in [-0.4, -0.2) is 52.4 Å². The second-order valence-electron chi connectivity index (χ2n) is 7.82. The number of fused-ring (bicyclic) bond motifs is 3. The summed E-state index contributed by atoms with van der Waals surface area (Å²) in [6, 6.07) is 6.27. The van der Waals surface area contributed by atoms with E-state index in [9.17, 15) is 0 Å². The van der Waals surface area contributed by atoms with Gasteiger partial charge in [0.05, 0.1) is 23.0 Å². The molecule has 3 heterocycles. The third-order valence-corrected chi connectivity index (χ3v) is 5.69. The van der Waals surface area contributed by atoms with Crippen molar-refractivity contribution in [3.8, 4) is 17.0 Å². The van der Waals surface area contributed by atoms with Gasteiger partial charge in [0.1, 0.15) is 6.61 Å². The van der Waals surface area contributed by atoms with Crippen molar-refractivity contribution in [1.29, 1.82) is 0 Å². The molecule has 8 nitrogen and oxygen atoms in total. The van der Waals surface area contributed by atoms with Gasteiger partial charge in [-0.05, 0) is 36.6 Å². The van der Waals surface area contributed by atoms with Gasteiger partial charge in [-0.2, -0.15) is 10.2 Å². The molecule has 1 aliphatic rings. The van der Waals surface area contributed by atoms with Crippen LogP contribution in [0.3, 0.4) is 0 Å². The van der Waals surface area contributed by atoms with Crippen molar-refractivity contribution in [3.63, 3.8) is 0 Å². The molecule has 1 atom stereocenters. The lowest BCUT2D eigenvalue weighted by molar-refractivity contribution is 0.291. The van der Waals surface area contributed by atoms with Crippen molar-refractivity contribution in [2.75, 3.05) is 26.7 Å². The molecule has 1 aliphatic heterocycles. The second kappa shape index (κ2) is 8.31. The lowest BCUT2D eigenvalue weighted by Crippen LogP contribution is -2.29. The van der Waals surface area contributed by atoms with E-state index in [4.69, 9.17) is 10.5 Å². The molecular weight excluding hydrogens is 378 g/mol. The third-order valence-electron chi connectivity index (χ3n) is 5.69. The van der Waals surface area contributed by atoms with E-state index in [1.54, 1.807) is 4.68 Å². The number of nitrogens with one attached hydrogen (secondary N) is 2. The molecular formula is C22H29N7O. The highest BCUT2D eigenvalue weighted by Crippen LogP contribution is 2.35. The molecule has 0 saturated carbocycles. The number of allylic oxidation sites excluding steroid dienone is 1. The van der Waals surface area contributed by atoms with Crippen LogP contribution in [0.15, 0.2) is 40.7 Å². The average Bonchev–Trinajstić information content (AvgIpc) is 3.31. The number of aromatic amines is 1. The molecule has 4 N–H and O–H groups in total. The highest BCUT2D eigenvalue weighted by atomic mass is 16.5. The van der Waals surface area contributed by atoms with E-state index in [-0.39, 0.29) is 5.92 Å². The highest BCUT2D eigenvalue weighted by Gasteiger charge is 2.20. The van der Waals surface area contributed by atoms with Crippen molar-refractivity contribution in [3.05, 3.63) is 41.4 Å². The van der Waals surface area contributed by atoms with Gasteiger partial charge in [0.25, 0.3) is 0 Å². The molecule has 0 spiro atoms. The van der Waals surface area contributed by atoms with E-state index in [2.05, 4.69) is 44.7 Å². The van der Waals surface area contributed by atoms with Gasteiger partial charge < -0.3 is 15.8 Å². The van der Waals surface area contributed by atoms with Gasteiger partial charge in [0.2, 0.25) is 5.88 Å². The van der Waals surface area contributed by atoms with E-state index < -0.39 is 0 Å². The van der Waals surface area contributed by atoms with Crippen LogP contribution in [0.25, 0.3) is 22.0 Å². The maximum absolute atomic E-state index is 6.26. The molecule has 1 aromatic carbocycles. The summed E-state index contributed by atoms with van der Waals surface area (Å²) in [4.78, 5) is 4.51. The SMILES string of the molecule is CN=C1CNCCOc2c(cnn2C)-c2ccc3n[nH]c(c3c2)C(C)C/C1=C(\C)N. The number of hydrogen-bond acceptors (Lipinski definition) is 6. The summed E-state index contributed by atoms with van der Waals surface area (Å²) < 4.78 is 7.86. The molecule has 0 amide bonds. The molecule has 30 heavy (non-hydrogen) atoms. The Balaban J connectivity index is 1.84. The Labute approximate surface area is 176 Å². The zero-order valence-electron chi connectivity index (χ0n) is 18.0. The maximum Gasteiger partial charge on any atom is 0.219 e. The van der Waals surface area contributed by atoms with E-state index >= 15 is 0 Å². The first-order chi connectivity index (χ1) is 14.5. The van der Waals surface area contributed by atoms with Gasteiger partial charge >= 0.3 is 0 Å². The standard InChI is InChI=1S/C22H29N7O/c1-13-9-16(14(2)23)20(24-3)12-25-7-8-30-22-18(11-26-29(22)4)15-5-6-19-17(10-15)21(13)28-27-19/h5-6,10-11,13,25H,7-9,12,23H2,1-4H3,(H,27,28)/b16-14-,24-20?. The number of nitrogens with two attached hydrogens (primary N) is 1. The molecule has 8 heteroatoms. The monoisotopic (exact) mass is 407 g/mol. The Morgan fingerprint density at radius 2 is 2.20 bits per heavy atom. The van der Waals surface area contributed by atoms with Gasteiger partial charge in [-0.25, -0.2) is 4.68 Å². The first-order valence-corrected chi connectivity index (χ1v) is 10.2. The zero-order chi connectivity index (χ0) is 21.3. The zero-order valence-corrected chi connectivity index (χ0v) is 18.0. The molecule has 158 valence electrons. The minimum absolute atomic E-state index is 0.199. The summed E-state index contributed by atoms with van der Waals surface area (Å²) in [6.45, 7) is 6.00. The minimum Gasteiger partial charge on any atom is -0.476 e. The summed E-state index contributed by atoms with van der Waals surface area (Å²) in [5.74, 6) is 0.956. The summed E-state index contributed by atoms with van der Waals surface area (Å²) in [7, 11) is 3.71. The number of benzene rings is 1. The molecule has 2 aromatic heterocycles. The van der Waals surface area contributed by atoms with Gasteiger partial charge in [-0.3, -0.25) is 10.1 Å². The van der Waals surface area contributed by atoms with E-state index in [1.165, 1.54) is 0 Å². The van der Waals surface area contributed by atoms with Gasteiger partial charge in [-0.15, -0.1) is 0 Å². The minimum atomic E-state index is 0.199. The number of aliphatic imine (C=N–C) groups is 1. The van der Waals surface area contributed by atoms with Crippen LogP contribution in [0, 0.1) is 0 Å². The fourth-order valence-corrected chi connectivity index (χ4v) is 4.03. The highest BCUT2D eigenvalue weighted by molar-refractivity contribution is 6.02. The Morgan fingerprint density at radius 1 is 1.37 bits per heavy atom. The van der Waals surface area contributed by atoms with Crippen LogP contribution in [0.1, 0.15) is 31.9 Å². The number of hydrogen-bond donors (Lipinski definition) is 3. The molecule has 3 aromatic rings. The van der Waals surface area contributed by atoms with Crippen LogP contribution >= 0.6 is 0 Å². The lowest BCUT2D eigenvalue weighted by atomic mass is 9.91. The van der Waals surface area contributed by atoms with Crippen LogP contribution in [0.2, 0.25) is 0 Å². The predicted octanol–water partition coefficient (Wildman–Crippen LogP) is 2.74. The fourth-order valence-electron chi connectivity index (χ4n) is 4.03. The van der Waals surface area contributed by atoms with Crippen molar-refractivity contribution in [2.24, 2.45) is 17.8 Å². The molecule has 0 radical (unpaired) electrons. The smallest absolute Gasteiger partial charge is 0.219 e. The summed E-state index contributed by atoms with van der Waals surface area (Å²) in [5.41, 5.74) is 13.2. The van der Waals surface area contributed by atoms with Crippen molar-refractivity contribution in [2.45, 2.75) is 26.2 Å². The number of nitrogens with zero attached hydrogens (tertiary/aromatic N) is 4. The number of rotatable bonds is 0. The molecule has 0 aliphatic carbocycles. The van der Waals surface area contributed by atoms with Gasteiger partial charge in [0, 0.05) is 49.9 Å². The predicted molar refractivity (Wildman–Crippen MR) is 120 cm³/mol. The first-order valence-electron chi connectivity index (χ1n) is 10.2. The number of H-pyrrole nitrogens is 1. The Kier molecular flexibility index (Phi) is 5.59. The lowest BCUT2D eigenvalue weighted by Gasteiger charge is -2.17. The number of aromatic nitrogens is 4. The van der Waals surface area contributed by atoms with E-state index in [1.807, 2.05) is 33.3 Å². The Morgan fingerprint density at radius 3 is 2.97 bits per heavy atom. The molecule has 0 saturated heterocycles. The normalized spacial score (nSPS) is 21.2. The molecule has 2 bridgehead atoms. The Hall–Kier alpha value is -3.13. The summed E-state index contributed by atoms with van der Waals surface area (Å²) in [5, 5.41) is 16.7. The summed E-state index contributed by atoms with van der Waals surface area (Å²) in [6.07, 6.45) is 2.64. The fraction of sp³-hybridized carbons (Fsp3) is 0.409. The number of aryl methyl sites for hydroxylation is 1. The quantitative estimate of drug-likeness (QED) is 0.531. The summed E-state index contributed by atoms with van der Waals surface area (Å²) >= 11 is 0. The second-order valence-corrected chi connectivity index (χ2v) is 7.82. The Bertz CT molecular complexity index is 1120. The molecule has 4 rings (SSSR count). The molecule has 0 fully saturated rings. The van der Waals surface area contributed by atoms with Crippen LogP contribution < -0.4 is 15.8 Å². The van der Waals surface area contributed by atoms with Gasteiger partial charge in [-0.1, -0.05) is 13.0 Å². The first kappa shape index (κ1) is 20.2. The number of ether oxygens (including phenoxy) is 1. The van der Waals surface area contributed by atoms with Crippen LogP contribution in [0.4, 0.5) is 0 Å². The topological polar surface area (TPSA) is 106 Å². The van der Waals surface area contributed by atoms with Gasteiger partial charge in [0.15, 0.2) is 0 Å².